The highest BCUT2D eigenvalue weighted by Crippen LogP contribution is 2.25. The summed E-state index contributed by atoms with van der Waals surface area (Å²) in [4.78, 5) is 0. The van der Waals surface area contributed by atoms with Gasteiger partial charge in [-0.3, -0.25) is 0 Å². The highest BCUT2D eigenvalue weighted by Gasteiger charge is 2.08. The molecule has 0 aliphatic rings. The number of aryl methyl sites for hydroxylation is 2. The SMILES string of the molecule is Cc1cc(C)c(C(C)CN)cc1Br. The van der Waals surface area contributed by atoms with Crippen molar-refractivity contribution < 1.29 is 0 Å². The number of benzene rings is 1. The monoisotopic (exact) mass is 241 g/mol. The molecular weight excluding hydrogens is 226 g/mol. The van der Waals surface area contributed by atoms with Crippen molar-refractivity contribution in [3.05, 3.63) is 33.3 Å². The Labute approximate surface area is 88.5 Å². The zero-order valence-electron chi connectivity index (χ0n) is 8.39. The third-order valence-corrected chi connectivity index (χ3v) is 3.29. The van der Waals surface area contributed by atoms with E-state index in [0.717, 1.165) is 0 Å². The van der Waals surface area contributed by atoms with E-state index in [0.29, 0.717) is 12.5 Å². The number of hydrogen-bond acceptors (Lipinski definition) is 1. The quantitative estimate of drug-likeness (QED) is 0.847. The highest BCUT2D eigenvalue weighted by molar-refractivity contribution is 9.10. The molecule has 1 aromatic rings. The van der Waals surface area contributed by atoms with Gasteiger partial charge in [-0.2, -0.15) is 0 Å². The summed E-state index contributed by atoms with van der Waals surface area (Å²) in [6, 6.07) is 4.38. The van der Waals surface area contributed by atoms with Gasteiger partial charge in [0.05, 0.1) is 0 Å². The van der Waals surface area contributed by atoms with E-state index in [1.54, 1.807) is 0 Å². The van der Waals surface area contributed by atoms with Crippen molar-refractivity contribution in [1.29, 1.82) is 0 Å². The molecule has 0 amide bonds. The van der Waals surface area contributed by atoms with Crippen molar-refractivity contribution in [2.75, 3.05) is 6.54 Å². The van der Waals surface area contributed by atoms with E-state index in [9.17, 15) is 0 Å². The maximum Gasteiger partial charge on any atom is 0.0207 e. The second-order valence-electron chi connectivity index (χ2n) is 3.59. The predicted octanol–water partition coefficient (Wildman–Crippen LogP) is 3.13. The van der Waals surface area contributed by atoms with Gasteiger partial charge in [0, 0.05) is 4.47 Å². The van der Waals surface area contributed by atoms with Gasteiger partial charge in [-0.15, -0.1) is 0 Å². The van der Waals surface area contributed by atoms with Crippen molar-refractivity contribution in [2.45, 2.75) is 26.7 Å². The Morgan fingerprint density at radius 3 is 2.46 bits per heavy atom. The molecule has 0 aliphatic carbocycles. The van der Waals surface area contributed by atoms with Gasteiger partial charge < -0.3 is 5.73 Å². The van der Waals surface area contributed by atoms with Gasteiger partial charge in [-0.1, -0.05) is 28.9 Å². The summed E-state index contributed by atoms with van der Waals surface area (Å²) in [5, 5.41) is 0. The first-order valence-electron chi connectivity index (χ1n) is 4.53. The van der Waals surface area contributed by atoms with Crippen LogP contribution in [-0.2, 0) is 0 Å². The largest absolute Gasteiger partial charge is 0.330 e. The van der Waals surface area contributed by atoms with E-state index in [4.69, 9.17) is 5.73 Å². The van der Waals surface area contributed by atoms with E-state index >= 15 is 0 Å². The van der Waals surface area contributed by atoms with E-state index in [2.05, 4.69) is 48.8 Å². The van der Waals surface area contributed by atoms with Gasteiger partial charge >= 0.3 is 0 Å². The third kappa shape index (κ3) is 2.32. The Hall–Kier alpha value is -0.340. The van der Waals surface area contributed by atoms with Crippen molar-refractivity contribution in [1.82, 2.24) is 0 Å². The van der Waals surface area contributed by atoms with Crippen LogP contribution in [0, 0.1) is 13.8 Å². The molecule has 0 aliphatic heterocycles. The first-order chi connectivity index (χ1) is 6.06. The first-order valence-corrected chi connectivity index (χ1v) is 5.32. The predicted molar refractivity (Wildman–Crippen MR) is 61.1 cm³/mol. The molecule has 0 aromatic heterocycles. The fourth-order valence-corrected chi connectivity index (χ4v) is 1.86. The number of rotatable bonds is 2. The molecule has 1 rings (SSSR count). The fourth-order valence-electron chi connectivity index (χ4n) is 1.50. The minimum atomic E-state index is 0.442. The summed E-state index contributed by atoms with van der Waals surface area (Å²) in [6.45, 7) is 7.11. The van der Waals surface area contributed by atoms with Gasteiger partial charge in [-0.25, -0.2) is 0 Å². The minimum Gasteiger partial charge on any atom is -0.330 e. The summed E-state index contributed by atoms with van der Waals surface area (Å²) in [7, 11) is 0. The summed E-state index contributed by atoms with van der Waals surface area (Å²) in [5.41, 5.74) is 9.61. The summed E-state index contributed by atoms with van der Waals surface area (Å²) < 4.78 is 1.17. The maximum absolute atomic E-state index is 5.65. The molecule has 72 valence electrons. The van der Waals surface area contributed by atoms with Crippen LogP contribution in [0.5, 0.6) is 0 Å². The second-order valence-corrected chi connectivity index (χ2v) is 4.45. The molecule has 1 unspecified atom stereocenters. The van der Waals surface area contributed by atoms with E-state index in [-0.39, 0.29) is 0 Å². The molecule has 2 heteroatoms. The molecule has 13 heavy (non-hydrogen) atoms. The van der Waals surface area contributed by atoms with Crippen LogP contribution in [0.25, 0.3) is 0 Å². The van der Waals surface area contributed by atoms with Gasteiger partial charge in [0.1, 0.15) is 0 Å². The Morgan fingerprint density at radius 1 is 1.31 bits per heavy atom. The molecule has 0 spiro atoms. The van der Waals surface area contributed by atoms with Crippen molar-refractivity contribution >= 4 is 15.9 Å². The van der Waals surface area contributed by atoms with Crippen LogP contribution < -0.4 is 5.73 Å². The molecule has 1 atom stereocenters. The van der Waals surface area contributed by atoms with Gasteiger partial charge in [0.25, 0.3) is 0 Å². The van der Waals surface area contributed by atoms with Crippen molar-refractivity contribution in [3.63, 3.8) is 0 Å². The lowest BCUT2D eigenvalue weighted by Crippen LogP contribution is -2.10. The third-order valence-electron chi connectivity index (χ3n) is 2.43. The molecule has 1 aromatic carbocycles. The second kappa shape index (κ2) is 4.25. The Morgan fingerprint density at radius 2 is 1.92 bits per heavy atom. The van der Waals surface area contributed by atoms with Gasteiger partial charge in [0.15, 0.2) is 0 Å². The number of nitrogens with two attached hydrogens (primary N) is 1. The van der Waals surface area contributed by atoms with Crippen molar-refractivity contribution in [2.24, 2.45) is 5.73 Å². The Bertz CT molecular complexity index is 307. The van der Waals surface area contributed by atoms with Crippen LogP contribution in [0.4, 0.5) is 0 Å². The van der Waals surface area contributed by atoms with Crippen LogP contribution in [-0.4, -0.2) is 6.54 Å². The minimum absolute atomic E-state index is 0.442. The maximum atomic E-state index is 5.65. The molecule has 0 heterocycles. The smallest absolute Gasteiger partial charge is 0.0207 e. The van der Waals surface area contributed by atoms with E-state index in [1.165, 1.54) is 21.2 Å². The van der Waals surface area contributed by atoms with Crippen LogP contribution in [0.2, 0.25) is 0 Å². The van der Waals surface area contributed by atoms with Gasteiger partial charge in [0.2, 0.25) is 0 Å². The molecular formula is C11H16BrN. The molecule has 0 fully saturated rings. The number of halogens is 1. The molecule has 0 bridgehead atoms. The molecule has 0 saturated heterocycles. The lowest BCUT2D eigenvalue weighted by Gasteiger charge is -2.14. The standard InChI is InChI=1S/C11H16BrN/c1-7-4-8(2)11(12)5-10(7)9(3)6-13/h4-5,9H,6,13H2,1-3H3. The van der Waals surface area contributed by atoms with Crippen LogP contribution >= 0.6 is 15.9 Å². The lowest BCUT2D eigenvalue weighted by molar-refractivity contribution is 0.767. The zero-order chi connectivity index (χ0) is 10.0. The normalized spacial score (nSPS) is 13.0. The summed E-state index contributed by atoms with van der Waals surface area (Å²) >= 11 is 3.54. The fraction of sp³-hybridized carbons (Fsp3) is 0.455. The van der Waals surface area contributed by atoms with E-state index < -0.39 is 0 Å². The van der Waals surface area contributed by atoms with Crippen LogP contribution in [0.1, 0.15) is 29.5 Å². The molecule has 0 radical (unpaired) electrons. The van der Waals surface area contributed by atoms with Crippen LogP contribution in [0.15, 0.2) is 16.6 Å². The lowest BCUT2D eigenvalue weighted by atomic mass is 9.95. The molecule has 0 saturated carbocycles. The summed E-state index contributed by atoms with van der Waals surface area (Å²) in [5.74, 6) is 0.442. The van der Waals surface area contributed by atoms with Gasteiger partial charge in [-0.05, 0) is 49.1 Å². The van der Waals surface area contributed by atoms with Crippen molar-refractivity contribution in [3.8, 4) is 0 Å². The average Bonchev–Trinajstić information content (AvgIpc) is 2.10. The highest BCUT2D eigenvalue weighted by atomic mass is 79.9. The first kappa shape index (κ1) is 10.7. The summed E-state index contributed by atoms with van der Waals surface area (Å²) in [6.07, 6.45) is 0. The van der Waals surface area contributed by atoms with E-state index in [1.807, 2.05) is 0 Å². The van der Waals surface area contributed by atoms with Crippen LogP contribution in [0.3, 0.4) is 0 Å². The average molecular weight is 242 g/mol. The number of hydrogen-bond donors (Lipinski definition) is 1. The Kier molecular flexibility index (Phi) is 3.51. The molecule has 2 N–H and O–H groups in total. The Balaban J connectivity index is 3.15. The molecule has 1 nitrogen and oxygen atoms in total. The topological polar surface area (TPSA) is 26.0 Å². The zero-order valence-corrected chi connectivity index (χ0v) is 9.98.